The van der Waals surface area contributed by atoms with E-state index in [0.29, 0.717) is 6.54 Å². The Labute approximate surface area is 56.7 Å². The lowest BCUT2D eigenvalue weighted by Crippen LogP contribution is -2.67. The average molecular weight is 145 g/mol. The van der Waals surface area contributed by atoms with Crippen LogP contribution in [0.2, 0.25) is 0 Å². The first-order chi connectivity index (χ1) is 4.59. The van der Waals surface area contributed by atoms with Gasteiger partial charge in [-0.1, -0.05) is 0 Å². The lowest BCUT2D eigenvalue weighted by Gasteiger charge is -2.34. The van der Waals surface area contributed by atoms with E-state index in [2.05, 4.69) is 5.32 Å². The maximum Gasteiger partial charge on any atom is 0.335 e. The van der Waals surface area contributed by atoms with E-state index >= 15 is 0 Å². The van der Waals surface area contributed by atoms with Crippen LogP contribution in [0.3, 0.4) is 0 Å². The van der Waals surface area contributed by atoms with Crippen molar-refractivity contribution in [1.29, 1.82) is 0 Å². The molecule has 0 spiro atoms. The van der Waals surface area contributed by atoms with Crippen LogP contribution in [0.4, 0.5) is 0 Å². The molecule has 1 rings (SSSR count). The van der Waals surface area contributed by atoms with Crippen molar-refractivity contribution in [3.8, 4) is 0 Å². The predicted molar refractivity (Wildman–Crippen MR) is 30.6 cm³/mol. The van der Waals surface area contributed by atoms with Gasteiger partial charge in [0.05, 0.1) is 0 Å². The molecule has 0 saturated carbocycles. The molecule has 3 N–H and O–H groups in total. The van der Waals surface area contributed by atoms with Crippen molar-refractivity contribution in [3.63, 3.8) is 0 Å². The van der Waals surface area contributed by atoms with E-state index in [-0.39, 0.29) is 6.42 Å². The van der Waals surface area contributed by atoms with Crippen LogP contribution < -0.4 is 5.32 Å². The van der Waals surface area contributed by atoms with Gasteiger partial charge in [0, 0.05) is 0 Å². The number of aliphatic carboxylic acids is 2. The van der Waals surface area contributed by atoms with E-state index in [1.54, 1.807) is 0 Å². The normalized spacial score (nSPS) is 21.2. The van der Waals surface area contributed by atoms with Gasteiger partial charge in [0.15, 0.2) is 0 Å². The summed E-state index contributed by atoms with van der Waals surface area (Å²) in [6, 6.07) is 0. The summed E-state index contributed by atoms with van der Waals surface area (Å²) in [4.78, 5) is 20.6. The molecule has 0 unspecified atom stereocenters. The standard InChI is InChI=1S/C5H7NO4/c7-3(8)5(4(9)10)1-2-6-5/h6H,1-2H2,(H,7,8)(H,9,10). The van der Waals surface area contributed by atoms with Crippen LogP contribution in [-0.2, 0) is 9.59 Å². The van der Waals surface area contributed by atoms with Gasteiger partial charge in [-0.05, 0) is 13.0 Å². The van der Waals surface area contributed by atoms with Crippen molar-refractivity contribution in [3.05, 3.63) is 0 Å². The van der Waals surface area contributed by atoms with Crippen LogP contribution in [0.15, 0.2) is 0 Å². The minimum Gasteiger partial charge on any atom is -0.479 e. The molecule has 1 fully saturated rings. The van der Waals surface area contributed by atoms with E-state index in [9.17, 15) is 9.59 Å². The summed E-state index contributed by atoms with van der Waals surface area (Å²) >= 11 is 0. The maximum atomic E-state index is 10.3. The van der Waals surface area contributed by atoms with Crippen molar-refractivity contribution >= 4 is 11.9 Å². The molecule has 5 heteroatoms. The van der Waals surface area contributed by atoms with Crippen molar-refractivity contribution in [1.82, 2.24) is 5.32 Å². The Kier molecular flexibility index (Phi) is 1.37. The summed E-state index contributed by atoms with van der Waals surface area (Å²) in [7, 11) is 0. The summed E-state index contributed by atoms with van der Waals surface area (Å²) in [6.07, 6.45) is 0.164. The van der Waals surface area contributed by atoms with Crippen molar-refractivity contribution in [2.24, 2.45) is 0 Å². The Morgan fingerprint density at radius 3 is 1.70 bits per heavy atom. The van der Waals surface area contributed by atoms with Gasteiger partial charge in [0.25, 0.3) is 0 Å². The number of hydrogen-bond acceptors (Lipinski definition) is 3. The fraction of sp³-hybridized carbons (Fsp3) is 0.600. The molecule has 1 heterocycles. The number of hydrogen-bond donors (Lipinski definition) is 3. The number of carbonyl (C=O) groups is 2. The average Bonchev–Trinajstić information content (AvgIpc) is 1.57. The molecular weight excluding hydrogens is 138 g/mol. The summed E-state index contributed by atoms with van der Waals surface area (Å²) < 4.78 is 0. The van der Waals surface area contributed by atoms with Gasteiger partial charge in [0.1, 0.15) is 0 Å². The predicted octanol–water partition coefficient (Wildman–Crippen LogP) is -1.11. The molecule has 1 aliphatic heterocycles. The van der Waals surface area contributed by atoms with E-state index in [0.717, 1.165) is 0 Å². The minimum atomic E-state index is -1.69. The molecular formula is C5H7NO4. The monoisotopic (exact) mass is 145 g/mol. The highest BCUT2D eigenvalue weighted by Crippen LogP contribution is 2.18. The molecule has 5 nitrogen and oxygen atoms in total. The Morgan fingerprint density at radius 1 is 1.30 bits per heavy atom. The highest BCUT2D eigenvalue weighted by molar-refractivity contribution is 6.04. The lowest BCUT2D eigenvalue weighted by molar-refractivity contribution is -0.163. The second-order valence-corrected chi connectivity index (χ2v) is 2.19. The second-order valence-electron chi connectivity index (χ2n) is 2.19. The molecule has 0 bridgehead atoms. The van der Waals surface area contributed by atoms with Gasteiger partial charge in [-0.3, -0.25) is 5.32 Å². The van der Waals surface area contributed by atoms with E-state index in [4.69, 9.17) is 10.2 Å². The first-order valence-electron chi connectivity index (χ1n) is 2.81. The highest BCUT2D eigenvalue weighted by Gasteiger charge is 2.51. The highest BCUT2D eigenvalue weighted by atomic mass is 16.4. The zero-order valence-electron chi connectivity index (χ0n) is 5.13. The summed E-state index contributed by atoms with van der Waals surface area (Å²) in [6.45, 7) is 0.457. The minimum absolute atomic E-state index is 0.164. The Hall–Kier alpha value is -1.10. The SMILES string of the molecule is O=C(O)C1(C(=O)O)CCN1. The second kappa shape index (κ2) is 1.95. The van der Waals surface area contributed by atoms with Gasteiger partial charge < -0.3 is 10.2 Å². The number of nitrogens with one attached hydrogen (secondary N) is 1. The molecule has 0 atom stereocenters. The van der Waals surface area contributed by atoms with Gasteiger partial charge in [0.2, 0.25) is 5.54 Å². The molecule has 0 aromatic rings. The fourth-order valence-electron chi connectivity index (χ4n) is 0.832. The van der Waals surface area contributed by atoms with Crippen molar-refractivity contribution in [2.75, 3.05) is 6.54 Å². The van der Waals surface area contributed by atoms with Crippen LogP contribution >= 0.6 is 0 Å². The quantitative estimate of drug-likeness (QED) is 0.429. The molecule has 1 aliphatic rings. The van der Waals surface area contributed by atoms with Crippen molar-refractivity contribution < 1.29 is 19.8 Å². The zero-order chi connectivity index (χ0) is 7.78. The van der Waals surface area contributed by atoms with Crippen LogP contribution in [0, 0.1) is 0 Å². The molecule has 0 aliphatic carbocycles. The zero-order valence-corrected chi connectivity index (χ0v) is 5.13. The molecule has 1 saturated heterocycles. The van der Waals surface area contributed by atoms with E-state index in [1.165, 1.54) is 0 Å². The summed E-state index contributed by atoms with van der Waals surface area (Å²) in [5.74, 6) is -2.63. The smallest absolute Gasteiger partial charge is 0.335 e. The summed E-state index contributed by atoms with van der Waals surface area (Å²) in [5.41, 5.74) is -1.69. The Bertz CT molecular complexity index is 168. The summed E-state index contributed by atoms with van der Waals surface area (Å²) in [5, 5.41) is 19.2. The Balaban J connectivity index is 2.78. The van der Waals surface area contributed by atoms with Gasteiger partial charge in [-0.2, -0.15) is 0 Å². The molecule has 0 amide bonds. The van der Waals surface area contributed by atoms with Crippen LogP contribution in [0.1, 0.15) is 6.42 Å². The topological polar surface area (TPSA) is 86.6 Å². The van der Waals surface area contributed by atoms with Crippen LogP contribution in [0.25, 0.3) is 0 Å². The molecule has 10 heavy (non-hydrogen) atoms. The first kappa shape index (κ1) is 7.01. The van der Waals surface area contributed by atoms with Crippen molar-refractivity contribution in [2.45, 2.75) is 12.0 Å². The third-order valence-electron chi connectivity index (χ3n) is 1.66. The van der Waals surface area contributed by atoms with E-state index < -0.39 is 17.5 Å². The molecule has 56 valence electrons. The largest absolute Gasteiger partial charge is 0.479 e. The van der Waals surface area contributed by atoms with Gasteiger partial charge in [-0.25, -0.2) is 9.59 Å². The third kappa shape index (κ3) is 0.672. The van der Waals surface area contributed by atoms with Crippen LogP contribution in [-0.4, -0.2) is 34.2 Å². The van der Waals surface area contributed by atoms with Crippen LogP contribution in [0.5, 0.6) is 0 Å². The molecule has 0 aromatic carbocycles. The number of carboxylic acid groups (broad SMARTS) is 2. The van der Waals surface area contributed by atoms with E-state index in [1.807, 2.05) is 0 Å². The maximum absolute atomic E-state index is 10.3. The number of carboxylic acids is 2. The first-order valence-corrected chi connectivity index (χ1v) is 2.81. The molecule has 0 aromatic heterocycles. The van der Waals surface area contributed by atoms with Gasteiger partial charge >= 0.3 is 11.9 Å². The third-order valence-corrected chi connectivity index (χ3v) is 1.66. The lowest BCUT2D eigenvalue weighted by atomic mass is 9.88. The fourth-order valence-corrected chi connectivity index (χ4v) is 0.832. The molecule has 0 radical (unpaired) electrons. The number of rotatable bonds is 2. The van der Waals surface area contributed by atoms with Gasteiger partial charge in [-0.15, -0.1) is 0 Å². The Morgan fingerprint density at radius 2 is 1.70 bits per heavy atom.